The van der Waals surface area contributed by atoms with Crippen molar-refractivity contribution in [2.24, 2.45) is 0 Å². The molecule has 0 radical (unpaired) electrons. The summed E-state index contributed by atoms with van der Waals surface area (Å²) in [5.41, 5.74) is 2.52. The fourth-order valence-corrected chi connectivity index (χ4v) is 5.31. The highest BCUT2D eigenvalue weighted by Gasteiger charge is 2.11. The average Bonchev–Trinajstić information content (AvgIpc) is 3.42. The number of amides is 1. The predicted octanol–water partition coefficient (Wildman–Crippen LogP) is 10.2. The molecule has 0 unspecified atom stereocenters. The number of carbonyl (C=O) groups is 1. The summed E-state index contributed by atoms with van der Waals surface area (Å²) in [6.07, 6.45) is 17.8. The largest absolute Gasteiger partial charge is 0.492 e. The quantitative estimate of drug-likeness (QED) is 0.168. The molecule has 1 heterocycles. The van der Waals surface area contributed by atoms with Gasteiger partial charge < -0.3 is 15.0 Å². The zero-order chi connectivity index (χ0) is 26.1. The molecule has 1 N–H and O–H groups in total. The van der Waals surface area contributed by atoms with Gasteiger partial charge in [0.2, 0.25) is 0 Å². The molecule has 0 aliphatic carbocycles. The molecule has 0 atom stereocenters. The van der Waals surface area contributed by atoms with Crippen LogP contribution in [0.25, 0.3) is 0 Å². The molecule has 2 aromatic rings. The number of unbranched alkanes of at least 4 members (excludes halogenated alkanes) is 11. The number of hydrogen-bond acceptors (Lipinski definition) is 4. The summed E-state index contributed by atoms with van der Waals surface area (Å²) in [5, 5.41) is 5.62. The summed E-state index contributed by atoms with van der Waals surface area (Å²) in [6, 6.07) is 13.2. The van der Waals surface area contributed by atoms with E-state index in [0.29, 0.717) is 22.9 Å². The van der Waals surface area contributed by atoms with Crippen molar-refractivity contribution in [3.8, 4) is 5.75 Å². The van der Waals surface area contributed by atoms with Crippen molar-refractivity contribution in [3.63, 3.8) is 0 Å². The Morgan fingerprint density at radius 2 is 1.55 bits per heavy atom. The highest BCUT2D eigenvalue weighted by molar-refractivity contribution is 8.93. The van der Waals surface area contributed by atoms with Crippen LogP contribution in [-0.4, -0.2) is 23.3 Å². The maximum atomic E-state index is 12.8. The van der Waals surface area contributed by atoms with Crippen LogP contribution in [0, 0.1) is 0 Å². The number of anilines is 1. The van der Waals surface area contributed by atoms with Gasteiger partial charge in [-0.25, -0.2) is 0 Å². The molecule has 1 amide bonds. The van der Waals surface area contributed by atoms with Gasteiger partial charge in [-0.05, 0) is 47.7 Å². The van der Waals surface area contributed by atoms with Gasteiger partial charge in [0.25, 0.3) is 5.91 Å². The number of halogens is 2. The van der Waals surface area contributed by atoms with Crippen LogP contribution in [0.1, 0.15) is 99.9 Å². The molecule has 0 fully saturated rings. The van der Waals surface area contributed by atoms with Crippen LogP contribution in [0.5, 0.6) is 5.75 Å². The van der Waals surface area contributed by atoms with Crippen molar-refractivity contribution in [2.75, 3.05) is 17.8 Å². The van der Waals surface area contributed by atoms with Crippen molar-refractivity contribution in [1.29, 1.82) is 0 Å². The zero-order valence-corrected chi connectivity index (χ0v) is 26.0. The molecule has 0 saturated carbocycles. The third-order valence-corrected chi connectivity index (χ3v) is 7.76. The molecule has 0 saturated heterocycles. The number of hydrogen-bond donors (Lipinski definition) is 1. The van der Waals surface area contributed by atoms with E-state index < -0.39 is 0 Å². The Morgan fingerprint density at radius 3 is 2.16 bits per heavy atom. The fourth-order valence-electron chi connectivity index (χ4n) is 4.42. The predicted molar refractivity (Wildman–Crippen MR) is 170 cm³/mol. The van der Waals surface area contributed by atoms with Gasteiger partial charge in [-0.3, -0.25) is 4.79 Å². The molecule has 2 aromatic carbocycles. The van der Waals surface area contributed by atoms with Gasteiger partial charge >= 0.3 is 0 Å². The van der Waals surface area contributed by atoms with Gasteiger partial charge in [0.15, 0.2) is 0 Å². The zero-order valence-electron chi connectivity index (χ0n) is 22.8. The summed E-state index contributed by atoms with van der Waals surface area (Å²) in [4.78, 5) is 15.1. The fraction of sp³-hybridized carbons (Fsp3) is 0.516. The molecule has 0 bridgehead atoms. The van der Waals surface area contributed by atoms with E-state index >= 15 is 0 Å². The lowest BCUT2D eigenvalue weighted by atomic mass is 10.1. The van der Waals surface area contributed by atoms with Crippen LogP contribution < -0.4 is 10.1 Å². The summed E-state index contributed by atoms with van der Waals surface area (Å²) < 4.78 is 5.92. The molecule has 38 heavy (non-hydrogen) atoms. The first-order chi connectivity index (χ1) is 18.2. The molecule has 3 rings (SSSR count). The van der Waals surface area contributed by atoms with Crippen molar-refractivity contribution < 1.29 is 9.53 Å². The number of nitrogens with zero attached hydrogens (tertiary/aromatic N) is 1. The van der Waals surface area contributed by atoms with Gasteiger partial charge in [-0.2, -0.15) is 0 Å². The summed E-state index contributed by atoms with van der Waals surface area (Å²) in [7, 11) is 0. The molecule has 0 aromatic heterocycles. The van der Waals surface area contributed by atoms with Gasteiger partial charge in [0.1, 0.15) is 5.75 Å². The van der Waals surface area contributed by atoms with E-state index in [2.05, 4.69) is 40.9 Å². The molecule has 1 aliphatic heterocycles. The Hall–Kier alpha value is -1.63. The first kappa shape index (κ1) is 32.6. The minimum Gasteiger partial charge on any atom is -0.492 e. The number of thioether (sulfide) groups is 1. The van der Waals surface area contributed by atoms with E-state index in [1.165, 1.54) is 69.8 Å². The van der Waals surface area contributed by atoms with Crippen LogP contribution in [0.15, 0.2) is 54.1 Å². The Morgan fingerprint density at radius 1 is 0.921 bits per heavy atom. The van der Waals surface area contributed by atoms with Crippen molar-refractivity contribution in [1.82, 2.24) is 4.90 Å². The summed E-state index contributed by atoms with van der Waals surface area (Å²) >= 11 is 8.13. The SMILES string of the molecule is Br.CCCCCCCCCCCCCCOc1cc(C(=O)Nc2ccc(CN3C=CSC3)cc2)ccc1Cl. The third kappa shape index (κ3) is 12.5. The Bertz CT molecular complexity index is 971. The van der Waals surface area contributed by atoms with E-state index in [4.69, 9.17) is 16.3 Å². The number of ether oxygens (including phenoxy) is 1. The Labute approximate surface area is 249 Å². The van der Waals surface area contributed by atoms with E-state index in [0.717, 1.165) is 31.0 Å². The minimum absolute atomic E-state index is 0. The molecular weight excluding hydrogens is 580 g/mol. The lowest BCUT2D eigenvalue weighted by Gasteiger charge is -2.15. The number of rotatable bonds is 18. The second kappa shape index (κ2) is 19.4. The minimum atomic E-state index is -0.168. The molecule has 0 spiro atoms. The van der Waals surface area contributed by atoms with E-state index in [-0.39, 0.29) is 22.9 Å². The highest BCUT2D eigenvalue weighted by Crippen LogP contribution is 2.27. The normalized spacial score (nSPS) is 12.4. The van der Waals surface area contributed by atoms with Gasteiger partial charge in [0.05, 0.1) is 17.5 Å². The van der Waals surface area contributed by atoms with Crippen LogP contribution in [0.3, 0.4) is 0 Å². The Kier molecular flexibility index (Phi) is 16.7. The maximum absolute atomic E-state index is 12.8. The monoisotopic (exact) mass is 622 g/mol. The number of carbonyl (C=O) groups excluding carboxylic acids is 1. The second-order valence-corrected chi connectivity index (χ2v) is 11.1. The molecular formula is C31H44BrClN2O2S. The summed E-state index contributed by atoms with van der Waals surface area (Å²) in [5.74, 6) is 1.39. The van der Waals surface area contributed by atoms with Crippen LogP contribution in [0.2, 0.25) is 5.02 Å². The molecule has 210 valence electrons. The smallest absolute Gasteiger partial charge is 0.255 e. The molecule has 4 nitrogen and oxygen atoms in total. The van der Waals surface area contributed by atoms with E-state index in [1.807, 2.05) is 12.1 Å². The van der Waals surface area contributed by atoms with Crippen LogP contribution in [0.4, 0.5) is 5.69 Å². The second-order valence-electron chi connectivity index (χ2n) is 9.86. The first-order valence-electron chi connectivity index (χ1n) is 14.0. The standard InChI is InChI=1S/C31H43ClN2O2S.BrH/c1-2-3-4-5-6-7-8-9-10-11-12-13-21-36-30-23-27(16-19-29(30)32)31(35)33-28-17-14-26(15-18-28)24-34-20-22-37-25-34;/h14-20,22-23H,2-13,21,24-25H2,1H3,(H,33,35);1H. The van der Waals surface area contributed by atoms with Gasteiger partial charge in [0, 0.05) is 24.0 Å². The van der Waals surface area contributed by atoms with E-state index in [9.17, 15) is 4.79 Å². The van der Waals surface area contributed by atoms with Gasteiger partial charge in [-0.15, -0.1) is 28.7 Å². The van der Waals surface area contributed by atoms with Crippen LogP contribution in [-0.2, 0) is 6.54 Å². The highest BCUT2D eigenvalue weighted by atomic mass is 79.9. The maximum Gasteiger partial charge on any atom is 0.255 e. The lowest BCUT2D eigenvalue weighted by molar-refractivity contribution is 0.102. The van der Waals surface area contributed by atoms with Crippen molar-refractivity contribution >= 4 is 51.9 Å². The summed E-state index contributed by atoms with van der Waals surface area (Å²) in [6.45, 7) is 3.76. The topological polar surface area (TPSA) is 41.6 Å². The third-order valence-electron chi connectivity index (χ3n) is 6.65. The number of nitrogens with one attached hydrogen (secondary N) is 1. The van der Waals surface area contributed by atoms with E-state index in [1.54, 1.807) is 30.0 Å². The van der Waals surface area contributed by atoms with Crippen LogP contribution >= 0.6 is 40.3 Å². The van der Waals surface area contributed by atoms with Crippen molar-refractivity contribution in [2.45, 2.75) is 90.5 Å². The lowest BCUT2D eigenvalue weighted by Crippen LogP contribution is -2.13. The Balaban J connectivity index is 0.00000507. The number of benzene rings is 2. The molecule has 1 aliphatic rings. The first-order valence-corrected chi connectivity index (χ1v) is 15.4. The van der Waals surface area contributed by atoms with Gasteiger partial charge in [-0.1, -0.05) is 101 Å². The molecule has 7 heteroatoms. The van der Waals surface area contributed by atoms with Crippen molar-refractivity contribution in [3.05, 3.63) is 70.2 Å². The average molecular weight is 624 g/mol.